The summed E-state index contributed by atoms with van der Waals surface area (Å²) >= 11 is 0. The molecule has 0 saturated carbocycles. The Bertz CT molecular complexity index is 852. The van der Waals surface area contributed by atoms with Crippen LogP contribution in [0, 0.1) is 5.92 Å². The number of nitrogens with one attached hydrogen (secondary N) is 1. The molecule has 0 amide bonds. The Kier molecular flexibility index (Phi) is 4.46. The molecule has 8 heteroatoms. The van der Waals surface area contributed by atoms with Crippen molar-refractivity contribution in [2.24, 2.45) is 5.92 Å². The van der Waals surface area contributed by atoms with Crippen LogP contribution >= 0.6 is 0 Å². The van der Waals surface area contributed by atoms with E-state index in [4.69, 9.17) is 9.47 Å². The zero-order valence-electron chi connectivity index (χ0n) is 16.9. The third-order valence-electron chi connectivity index (χ3n) is 7.56. The molecule has 4 fully saturated rings. The van der Waals surface area contributed by atoms with Gasteiger partial charge >= 0.3 is 0 Å². The van der Waals surface area contributed by atoms with Gasteiger partial charge in [-0.25, -0.2) is 15.0 Å². The van der Waals surface area contributed by atoms with Crippen LogP contribution in [0.15, 0.2) is 12.7 Å². The Balaban J connectivity index is 1.17. The van der Waals surface area contributed by atoms with Gasteiger partial charge in [-0.05, 0) is 51.0 Å². The van der Waals surface area contributed by atoms with Crippen molar-refractivity contribution in [2.45, 2.75) is 56.2 Å². The van der Waals surface area contributed by atoms with Crippen LogP contribution in [-0.4, -0.2) is 82.0 Å². The lowest BCUT2D eigenvalue weighted by Crippen LogP contribution is -2.60. The lowest BCUT2D eigenvalue weighted by molar-refractivity contribution is -0.111. The number of hydrogen-bond donors (Lipinski definition) is 1. The third-order valence-corrected chi connectivity index (χ3v) is 7.56. The van der Waals surface area contributed by atoms with E-state index in [1.807, 2.05) is 0 Å². The fraction of sp³-hybridized carbons (Fsp3) is 0.762. The molecule has 0 radical (unpaired) electrons. The van der Waals surface area contributed by atoms with Crippen LogP contribution in [-0.2, 0) is 9.47 Å². The van der Waals surface area contributed by atoms with E-state index < -0.39 is 0 Å². The molecule has 6 rings (SSSR count). The summed E-state index contributed by atoms with van der Waals surface area (Å²) in [7, 11) is 0. The van der Waals surface area contributed by atoms with Crippen LogP contribution in [0.4, 0.5) is 5.82 Å². The minimum absolute atomic E-state index is 0.0473. The Morgan fingerprint density at radius 1 is 1.10 bits per heavy atom. The van der Waals surface area contributed by atoms with Gasteiger partial charge in [0.15, 0.2) is 11.5 Å². The summed E-state index contributed by atoms with van der Waals surface area (Å²) < 4.78 is 12.1. The second kappa shape index (κ2) is 7.18. The lowest BCUT2D eigenvalue weighted by atomic mass is 9.84. The predicted octanol–water partition coefficient (Wildman–Crippen LogP) is 1.98. The Morgan fingerprint density at radius 2 is 2.00 bits per heavy atom. The van der Waals surface area contributed by atoms with Gasteiger partial charge in [0.2, 0.25) is 0 Å². The molecule has 29 heavy (non-hydrogen) atoms. The highest BCUT2D eigenvalue weighted by Gasteiger charge is 2.51. The number of H-pyrrole nitrogens is 1. The maximum Gasteiger partial charge on any atom is 0.182 e. The summed E-state index contributed by atoms with van der Waals surface area (Å²) in [4.78, 5) is 21.6. The monoisotopic (exact) mass is 398 g/mol. The van der Waals surface area contributed by atoms with Gasteiger partial charge in [0.25, 0.3) is 0 Å². The highest BCUT2D eigenvalue weighted by Crippen LogP contribution is 2.45. The van der Waals surface area contributed by atoms with E-state index in [0.717, 1.165) is 68.7 Å². The molecule has 8 nitrogen and oxygen atoms in total. The molecular formula is C21H30N6O2. The van der Waals surface area contributed by atoms with Crippen molar-refractivity contribution in [1.82, 2.24) is 24.8 Å². The lowest BCUT2D eigenvalue weighted by Gasteiger charge is -2.51. The number of morpholine rings is 1. The second-order valence-electron chi connectivity index (χ2n) is 9.30. The summed E-state index contributed by atoms with van der Waals surface area (Å²) in [6.45, 7) is 5.69. The molecule has 156 valence electrons. The fourth-order valence-electron chi connectivity index (χ4n) is 6.17. The minimum atomic E-state index is -0.0473. The number of ether oxygens (including phenoxy) is 2. The Morgan fingerprint density at radius 3 is 2.83 bits per heavy atom. The van der Waals surface area contributed by atoms with Gasteiger partial charge in [0.05, 0.1) is 18.5 Å². The number of imidazole rings is 1. The average Bonchev–Trinajstić information content (AvgIpc) is 3.47. The topological polar surface area (TPSA) is 79.4 Å². The molecule has 1 spiro atoms. The van der Waals surface area contributed by atoms with Crippen molar-refractivity contribution in [3.8, 4) is 0 Å². The van der Waals surface area contributed by atoms with Crippen molar-refractivity contribution in [2.75, 3.05) is 44.4 Å². The maximum atomic E-state index is 6.50. The first-order valence-corrected chi connectivity index (χ1v) is 11.2. The van der Waals surface area contributed by atoms with Crippen LogP contribution in [0.5, 0.6) is 0 Å². The van der Waals surface area contributed by atoms with Gasteiger partial charge in [0, 0.05) is 38.4 Å². The zero-order valence-corrected chi connectivity index (χ0v) is 16.9. The summed E-state index contributed by atoms with van der Waals surface area (Å²) in [6, 6.07) is 1.32. The van der Waals surface area contributed by atoms with Gasteiger partial charge in [-0.3, -0.25) is 4.90 Å². The van der Waals surface area contributed by atoms with Crippen LogP contribution in [0.2, 0.25) is 0 Å². The molecule has 0 aromatic carbocycles. The molecule has 4 aliphatic heterocycles. The number of hydrogen-bond acceptors (Lipinski definition) is 7. The summed E-state index contributed by atoms with van der Waals surface area (Å²) in [5.74, 6) is 1.73. The van der Waals surface area contributed by atoms with Gasteiger partial charge in [-0.15, -0.1) is 0 Å². The molecule has 4 saturated heterocycles. The first-order chi connectivity index (χ1) is 14.3. The first-order valence-electron chi connectivity index (χ1n) is 11.2. The van der Waals surface area contributed by atoms with Crippen LogP contribution in [0.25, 0.3) is 11.2 Å². The molecule has 2 bridgehead atoms. The molecule has 2 aromatic rings. The number of rotatable bonds is 4. The number of anilines is 1. The first kappa shape index (κ1) is 18.0. The summed E-state index contributed by atoms with van der Waals surface area (Å²) in [5.41, 5.74) is 1.62. The highest BCUT2D eigenvalue weighted by molar-refractivity contribution is 5.82. The maximum absolute atomic E-state index is 6.50. The van der Waals surface area contributed by atoms with Gasteiger partial charge in [0.1, 0.15) is 11.8 Å². The van der Waals surface area contributed by atoms with E-state index in [-0.39, 0.29) is 5.60 Å². The molecule has 1 N–H and O–H groups in total. The standard InChI is InChI=1S/C21H30N6O2/c1-2-17-10-21(9-16(1)27(17)5-3-15-4-7-28-11-15)12-26(6-8-29-21)20-18-19(23-13-22-18)24-14-25-20/h13-17H,1-12H2,(H,22,23,24,25)/t15?,16-,17+,21?. The number of aromatic amines is 1. The van der Waals surface area contributed by atoms with Crippen molar-refractivity contribution in [3.63, 3.8) is 0 Å². The number of nitrogens with zero attached hydrogens (tertiary/aromatic N) is 5. The minimum Gasteiger partial charge on any atom is -0.381 e. The average molecular weight is 399 g/mol. The second-order valence-corrected chi connectivity index (χ2v) is 9.30. The van der Waals surface area contributed by atoms with E-state index >= 15 is 0 Å². The molecule has 0 aliphatic carbocycles. The van der Waals surface area contributed by atoms with Crippen molar-refractivity contribution in [1.29, 1.82) is 0 Å². The van der Waals surface area contributed by atoms with Crippen molar-refractivity contribution < 1.29 is 9.47 Å². The van der Waals surface area contributed by atoms with Crippen LogP contribution in [0.3, 0.4) is 0 Å². The molecule has 2 unspecified atom stereocenters. The number of aromatic nitrogens is 4. The van der Waals surface area contributed by atoms with Gasteiger partial charge < -0.3 is 19.4 Å². The van der Waals surface area contributed by atoms with Gasteiger partial charge in [-0.1, -0.05) is 0 Å². The smallest absolute Gasteiger partial charge is 0.182 e. The SMILES string of the molecule is c1nc(N2CCOC3(C[C@H]4CC[C@@H](C3)N4CCC3CCOC3)C2)c2[nH]cnc2n1. The summed E-state index contributed by atoms with van der Waals surface area (Å²) in [5, 5.41) is 0. The zero-order chi connectivity index (χ0) is 19.3. The Labute approximate surface area is 171 Å². The normalized spacial score (nSPS) is 35.2. The molecule has 4 atom stereocenters. The molecule has 6 heterocycles. The van der Waals surface area contributed by atoms with E-state index in [1.54, 1.807) is 12.7 Å². The third kappa shape index (κ3) is 3.21. The number of piperidine rings is 1. The van der Waals surface area contributed by atoms with Crippen molar-refractivity contribution in [3.05, 3.63) is 12.7 Å². The Hall–Kier alpha value is -1.77. The quantitative estimate of drug-likeness (QED) is 0.844. The van der Waals surface area contributed by atoms with E-state index in [2.05, 4.69) is 29.7 Å². The van der Waals surface area contributed by atoms with Crippen LogP contribution < -0.4 is 4.90 Å². The van der Waals surface area contributed by atoms with Crippen molar-refractivity contribution >= 4 is 17.0 Å². The highest BCUT2D eigenvalue weighted by atomic mass is 16.5. The van der Waals surface area contributed by atoms with E-state index in [9.17, 15) is 0 Å². The fourth-order valence-corrected chi connectivity index (χ4v) is 6.17. The number of fused-ring (bicyclic) bond motifs is 3. The van der Waals surface area contributed by atoms with E-state index in [1.165, 1.54) is 32.2 Å². The largest absolute Gasteiger partial charge is 0.381 e. The molecular weight excluding hydrogens is 368 g/mol. The summed E-state index contributed by atoms with van der Waals surface area (Å²) in [6.07, 6.45) is 10.8. The molecule has 2 aromatic heterocycles. The molecule has 4 aliphatic rings. The predicted molar refractivity (Wildman–Crippen MR) is 109 cm³/mol. The van der Waals surface area contributed by atoms with Crippen LogP contribution in [0.1, 0.15) is 38.5 Å². The van der Waals surface area contributed by atoms with Gasteiger partial charge in [-0.2, -0.15) is 0 Å². The van der Waals surface area contributed by atoms with E-state index in [0.29, 0.717) is 12.1 Å².